The standard InChI is InChI=1S/C15H29N3O/c1-2-7-18(8-3-1)15-5-10-17(12-15)9-4-14-13-19-11-6-16-14/h14-16H,1-13H2. The van der Waals surface area contributed by atoms with Crippen LogP contribution >= 0.6 is 0 Å². The van der Waals surface area contributed by atoms with Crippen LogP contribution in [0.15, 0.2) is 0 Å². The Morgan fingerprint density at radius 2 is 2.00 bits per heavy atom. The average molecular weight is 267 g/mol. The first kappa shape index (κ1) is 13.8. The third kappa shape index (κ3) is 3.91. The van der Waals surface area contributed by atoms with Crippen molar-refractivity contribution < 1.29 is 4.74 Å². The van der Waals surface area contributed by atoms with Crippen molar-refractivity contribution in [2.24, 2.45) is 0 Å². The second-order valence-electron chi connectivity index (χ2n) is 6.35. The van der Waals surface area contributed by atoms with E-state index in [1.54, 1.807) is 0 Å². The van der Waals surface area contributed by atoms with Crippen LogP contribution in [0.1, 0.15) is 32.1 Å². The molecule has 0 aromatic carbocycles. The largest absolute Gasteiger partial charge is 0.379 e. The lowest BCUT2D eigenvalue weighted by Crippen LogP contribution is -2.44. The van der Waals surface area contributed by atoms with Gasteiger partial charge in [-0.2, -0.15) is 0 Å². The van der Waals surface area contributed by atoms with E-state index < -0.39 is 0 Å². The van der Waals surface area contributed by atoms with E-state index in [1.807, 2.05) is 0 Å². The zero-order valence-corrected chi connectivity index (χ0v) is 12.1. The van der Waals surface area contributed by atoms with E-state index in [4.69, 9.17) is 4.74 Å². The van der Waals surface area contributed by atoms with Crippen molar-refractivity contribution in [1.29, 1.82) is 0 Å². The minimum atomic E-state index is 0.586. The molecule has 110 valence electrons. The Labute approximate surface area is 117 Å². The lowest BCUT2D eigenvalue weighted by Gasteiger charge is -2.32. The van der Waals surface area contributed by atoms with Gasteiger partial charge in [0, 0.05) is 25.2 Å². The number of nitrogens with one attached hydrogen (secondary N) is 1. The van der Waals surface area contributed by atoms with Crippen molar-refractivity contribution >= 4 is 0 Å². The summed E-state index contributed by atoms with van der Waals surface area (Å²) in [6, 6.07) is 1.43. The Kier molecular flexibility index (Phi) is 5.10. The van der Waals surface area contributed by atoms with E-state index in [1.165, 1.54) is 64.8 Å². The molecule has 0 spiro atoms. The van der Waals surface area contributed by atoms with Crippen molar-refractivity contribution in [3.05, 3.63) is 0 Å². The number of morpholine rings is 1. The SMILES string of the molecule is C1CCN(C2CCN(CCC3COCCN3)C2)CC1. The van der Waals surface area contributed by atoms with Crippen LogP contribution < -0.4 is 5.32 Å². The van der Waals surface area contributed by atoms with Crippen molar-refractivity contribution in [3.63, 3.8) is 0 Å². The van der Waals surface area contributed by atoms with Gasteiger partial charge in [0.1, 0.15) is 0 Å². The summed E-state index contributed by atoms with van der Waals surface area (Å²) in [5.41, 5.74) is 0. The lowest BCUT2D eigenvalue weighted by molar-refractivity contribution is 0.0704. The quantitative estimate of drug-likeness (QED) is 0.820. The summed E-state index contributed by atoms with van der Waals surface area (Å²) in [4.78, 5) is 5.40. The van der Waals surface area contributed by atoms with Gasteiger partial charge in [-0.1, -0.05) is 6.42 Å². The summed E-state index contributed by atoms with van der Waals surface area (Å²) < 4.78 is 5.52. The first-order valence-corrected chi connectivity index (χ1v) is 8.19. The van der Waals surface area contributed by atoms with Crippen molar-refractivity contribution in [3.8, 4) is 0 Å². The molecule has 0 aromatic heterocycles. The van der Waals surface area contributed by atoms with Crippen LogP contribution in [0.2, 0.25) is 0 Å². The van der Waals surface area contributed by atoms with Crippen LogP contribution in [-0.4, -0.2) is 74.4 Å². The molecule has 0 amide bonds. The zero-order valence-electron chi connectivity index (χ0n) is 12.1. The summed E-state index contributed by atoms with van der Waals surface area (Å²) in [5.74, 6) is 0. The molecule has 0 aliphatic carbocycles. The van der Waals surface area contributed by atoms with Crippen molar-refractivity contribution in [1.82, 2.24) is 15.1 Å². The first-order chi connectivity index (χ1) is 9.42. The van der Waals surface area contributed by atoms with Crippen LogP contribution in [0.4, 0.5) is 0 Å². The van der Waals surface area contributed by atoms with E-state index >= 15 is 0 Å². The Hall–Kier alpha value is -0.160. The normalized spacial score (nSPS) is 34.7. The Morgan fingerprint density at radius 3 is 2.79 bits per heavy atom. The maximum Gasteiger partial charge on any atom is 0.0620 e. The Balaban J connectivity index is 1.36. The second kappa shape index (κ2) is 7.02. The molecule has 3 heterocycles. The van der Waals surface area contributed by atoms with Crippen LogP contribution in [0.3, 0.4) is 0 Å². The molecule has 3 saturated heterocycles. The molecule has 1 N–H and O–H groups in total. The number of ether oxygens (including phenoxy) is 1. The monoisotopic (exact) mass is 267 g/mol. The maximum atomic E-state index is 5.52. The number of likely N-dealkylation sites (tertiary alicyclic amines) is 2. The number of piperidine rings is 1. The molecule has 0 bridgehead atoms. The average Bonchev–Trinajstić information content (AvgIpc) is 2.96. The van der Waals surface area contributed by atoms with Gasteiger partial charge >= 0.3 is 0 Å². The van der Waals surface area contributed by atoms with Gasteiger partial charge in [0.05, 0.1) is 13.2 Å². The highest BCUT2D eigenvalue weighted by Gasteiger charge is 2.28. The fourth-order valence-electron chi connectivity index (χ4n) is 3.74. The third-order valence-electron chi connectivity index (χ3n) is 4.95. The predicted molar refractivity (Wildman–Crippen MR) is 77.5 cm³/mol. The molecular formula is C15H29N3O. The molecule has 4 heteroatoms. The van der Waals surface area contributed by atoms with E-state index in [0.29, 0.717) is 6.04 Å². The zero-order chi connectivity index (χ0) is 12.9. The summed E-state index contributed by atoms with van der Waals surface area (Å²) in [7, 11) is 0. The van der Waals surface area contributed by atoms with Gasteiger partial charge in [0.15, 0.2) is 0 Å². The Morgan fingerprint density at radius 1 is 1.11 bits per heavy atom. The summed E-state index contributed by atoms with van der Waals surface area (Å²) in [6.45, 7) is 9.35. The molecular weight excluding hydrogens is 238 g/mol. The Bertz CT molecular complexity index is 262. The molecule has 19 heavy (non-hydrogen) atoms. The van der Waals surface area contributed by atoms with Crippen LogP contribution in [0, 0.1) is 0 Å². The van der Waals surface area contributed by atoms with E-state index in [-0.39, 0.29) is 0 Å². The molecule has 2 atom stereocenters. The molecule has 0 saturated carbocycles. The smallest absolute Gasteiger partial charge is 0.0620 e. The highest BCUT2D eigenvalue weighted by molar-refractivity contribution is 4.85. The number of hydrogen-bond donors (Lipinski definition) is 1. The molecule has 0 aromatic rings. The molecule has 3 aliphatic rings. The maximum absolute atomic E-state index is 5.52. The number of nitrogens with zero attached hydrogens (tertiary/aromatic N) is 2. The summed E-state index contributed by atoms with van der Waals surface area (Å²) in [6.07, 6.45) is 6.90. The molecule has 0 radical (unpaired) electrons. The lowest BCUT2D eigenvalue weighted by atomic mass is 10.1. The van der Waals surface area contributed by atoms with Crippen LogP contribution in [0.5, 0.6) is 0 Å². The van der Waals surface area contributed by atoms with Gasteiger partial charge in [-0.15, -0.1) is 0 Å². The topological polar surface area (TPSA) is 27.7 Å². The third-order valence-corrected chi connectivity index (χ3v) is 4.95. The van der Waals surface area contributed by atoms with Crippen molar-refractivity contribution in [2.45, 2.75) is 44.2 Å². The van der Waals surface area contributed by atoms with Gasteiger partial charge in [0.2, 0.25) is 0 Å². The van der Waals surface area contributed by atoms with Gasteiger partial charge in [-0.05, 0) is 51.9 Å². The molecule has 4 nitrogen and oxygen atoms in total. The minimum absolute atomic E-state index is 0.586. The molecule has 3 rings (SSSR count). The molecule has 3 fully saturated rings. The molecule has 2 unspecified atom stereocenters. The van der Waals surface area contributed by atoms with Crippen molar-refractivity contribution in [2.75, 3.05) is 52.5 Å². The predicted octanol–water partition coefficient (Wildman–Crippen LogP) is 0.925. The van der Waals surface area contributed by atoms with Gasteiger partial charge in [-0.25, -0.2) is 0 Å². The fourth-order valence-corrected chi connectivity index (χ4v) is 3.74. The van der Waals surface area contributed by atoms with Gasteiger partial charge in [0.25, 0.3) is 0 Å². The first-order valence-electron chi connectivity index (χ1n) is 8.19. The van der Waals surface area contributed by atoms with Gasteiger partial charge in [-0.3, -0.25) is 4.90 Å². The van der Waals surface area contributed by atoms with E-state index in [0.717, 1.165) is 25.8 Å². The number of rotatable bonds is 4. The highest BCUT2D eigenvalue weighted by Crippen LogP contribution is 2.20. The van der Waals surface area contributed by atoms with Crippen LogP contribution in [-0.2, 0) is 4.74 Å². The second-order valence-corrected chi connectivity index (χ2v) is 6.35. The summed E-state index contributed by atoms with van der Waals surface area (Å²) in [5, 5.41) is 3.56. The minimum Gasteiger partial charge on any atom is -0.379 e. The summed E-state index contributed by atoms with van der Waals surface area (Å²) >= 11 is 0. The van der Waals surface area contributed by atoms with Crippen LogP contribution in [0.25, 0.3) is 0 Å². The fraction of sp³-hybridized carbons (Fsp3) is 1.00. The van der Waals surface area contributed by atoms with Gasteiger partial charge < -0.3 is 15.0 Å². The number of hydrogen-bond acceptors (Lipinski definition) is 4. The van der Waals surface area contributed by atoms with E-state index in [2.05, 4.69) is 15.1 Å². The molecule has 3 aliphatic heterocycles. The van der Waals surface area contributed by atoms with E-state index in [9.17, 15) is 0 Å². The highest BCUT2D eigenvalue weighted by atomic mass is 16.5.